The Balaban J connectivity index is 1.62. The Morgan fingerprint density at radius 2 is 2.28 bits per heavy atom. The lowest BCUT2D eigenvalue weighted by Gasteiger charge is -2.50. The second-order valence-corrected chi connectivity index (χ2v) is 7.62. The molecule has 140 valence electrons. The summed E-state index contributed by atoms with van der Waals surface area (Å²) < 4.78 is 17.6. The van der Waals surface area contributed by atoms with Gasteiger partial charge in [0.05, 0.1) is 19.3 Å². The lowest BCUT2D eigenvalue weighted by molar-refractivity contribution is -0.160. The van der Waals surface area contributed by atoms with Crippen LogP contribution in [-0.2, 0) is 20.8 Å². The van der Waals surface area contributed by atoms with Crippen LogP contribution in [0.5, 0.6) is 0 Å². The summed E-state index contributed by atoms with van der Waals surface area (Å²) in [5.74, 6) is 1.96. The zero-order chi connectivity index (χ0) is 17.9. The van der Waals surface area contributed by atoms with Crippen LogP contribution in [0.3, 0.4) is 0 Å². The first kappa shape index (κ1) is 18.4. The number of fused-ring (bicyclic) bond motifs is 1. The van der Waals surface area contributed by atoms with Gasteiger partial charge in [-0.3, -0.25) is 9.69 Å². The number of hydrogen-bond acceptors (Lipinski definition) is 5. The Morgan fingerprint density at radius 3 is 3.00 bits per heavy atom. The van der Waals surface area contributed by atoms with Gasteiger partial charge in [-0.2, -0.15) is 0 Å². The van der Waals surface area contributed by atoms with Crippen LogP contribution >= 0.6 is 0 Å². The van der Waals surface area contributed by atoms with E-state index in [0.29, 0.717) is 6.61 Å². The third kappa shape index (κ3) is 4.43. The number of likely N-dealkylation sites (N-methyl/N-ethyl adjacent to an activating group) is 1. The van der Waals surface area contributed by atoms with Crippen molar-refractivity contribution in [1.82, 2.24) is 9.80 Å². The molecule has 0 aromatic carbocycles. The van der Waals surface area contributed by atoms with E-state index in [4.69, 9.17) is 13.9 Å². The minimum absolute atomic E-state index is 0.00315. The molecule has 0 saturated carbocycles. The zero-order valence-corrected chi connectivity index (χ0v) is 15.6. The maximum atomic E-state index is 11.8. The molecule has 0 spiro atoms. The summed E-state index contributed by atoms with van der Waals surface area (Å²) in [4.78, 5) is 15.8. The fourth-order valence-electron chi connectivity index (χ4n) is 3.99. The number of carbonyl (C=O) groups excluding carboxylic acids is 1. The topological polar surface area (TPSA) is 55.2 Å². The van der Waals surface area contributed by atoms with Crippen molar-refractivity contribution in [2.75, 3.05) is 47.0 Å². The van der Waals surface area contributed by atoms with E-state index in [1.54, 1.807) is 19.0 Å². The smallest absolute Gasteiger partial charge is 0.248 e. The van der Waals surface area contributed by atoms with Gasteiger partial charge in [0.15, 0.2) is 0 Å². The van der Waals surface area contributed by atoms with Crippen molar-refractivity contribution >= 4 is 5.91 Å². The summed E-state index contributed by atoms with van der Waals surface area (Å²) in [6.07, 6.45) is 3.37. The Bertz CT molecular complexity index is 586. The first-order valence-corrected chi connectivity index (χ1v) is 9.16. The van der Waals surface area contributed by atoms with E-state index in [1.807, 2.05) is 13.0 Å². The van der Waals surface area contributed by atoms with E-state index >= 15 is 0 Å². The van der Waals surface area contributed by atoms with Gasteiger partial charge in [0.2, 0.25) is 5.91 Å². The van der Waals surface area contributed by atoms with Crippen LogP contribution in [0.4, 0.5) is 0 Å². The van der Waals surface area contributed by atoms with E-state index in [1.165, 1.54) is 0 Å². The van der Waals surface area contributed by atoms with Crippen molar-refractivity contribution in [1.29, 1.82) is 0 Å². The normalized spacial score (nSPS) is 27.1. The van der Waals surface area contributed by atoms with E-state index in [2.05, 4.69) is 11.0 Å². The van der Waals surface area contributed by atoms with E-state index in [-0.39, 0.29) is 24.0 Å². The average Bonchev–Trinajstić information content (AvgIpc) is 2.99. The molecule has 0 bridgehead atoms. The summed E-state index contributed by atoms with van der Waals surface area (Å²) >= 11 is 0. The lowest BCUT2D eigenvalue weighted by atomic mass is 9.73. The van der Waals surface area contributed by atoms with Crippen molar-refractivity contribution in [2.45, 2.75) is 38.8 Å². The van der Waals surface area contributed by atoms with Crippen molar-refractivity contribution in [3.05, 3.63) is 23.7 Å². The molecule has 2 atom stereocenters. The number of carbonyl (C=O) groups is 1. The van der Waals surface area contributed by atoms with Crippen LogP contribution in [0.2, 0.25) is 0 Å². The highest BCUT2D eigenvalue weighted by Gasteiger charge is 2.46. The lowest BCUT2D eigenvalue weighted by Crippen LogP contribution is -2.56. The van der Waals surface area contributed by atoms with Gasteiger partial charge in [-0.15, -0.1) is 0 Å². The molecule has 6 heteroatoms. The molecule has 0 N–H and O–H groups in total. The molecular formula is C19H30N2O4. The summed E-state index contributed by atoms with van der Waals surface area (Å²) in [6.45, 7) is 6.27. The molecule has 3 heterocycles. The number of amides is 1. The average molecular weight is 350 g/mol. The standard InChI is InChI=1S/C19H30N2O4/c1-15-5-6-16(25-15)11-21-9-7-17-19(13-21,8-4-10-24-17)14-23-12-18(22)20(2)3/h5-6,17H,4,7-14H2,1-3H3/t17-,19+/m0/s1. The van der Waals surface area contributed by atoms with Crippen molar-refractivity contribution in [3.8, 4) is 0 Å². The monoisotopic (exact) mass is 350 g/mol. The number of rotatable bonds is 6. The second-order valence-electron chi connectivity index (χ2n) is 7.62. The predicted octanol–water partition coefficient (Wildman–Crippen LogP) is 2.06. The Morgan fingerprint density at radius 1 is 1.44 bits per heavy atom. The summed E-state index contributed by atoms with van der Waals surface area (Å²) in [5, 5.41) is 0. The Hall–Kier alpha value is -1.37. The molecule has 2 fully saturated rings. The molecule has 1 aromatic rings. The Kier molecular flexibility index (Phi) is 5.81. The maximum Gasteiger partial charge on any atom is 0.248 e. The summed E-state index contributed by atoms with van der Waals surface area (Å²) in [6, 6.07) is 4.06. The van der Waals surface area contributed by atoms with E-state index in [9.17, 15) is 4.79 Å². The van der Waals surface area contributed by atoms with Crippen molar-refractivity contribution < 1.29 is 18.7 Å². The largest absolute Gasteiger partial charge is 0.465 e. The van der Waals surface area contributed by atoms with Crippen LogP contribution in [-0.4, -0.2) is 68.8 Å². The molecule has 0 unspecified atom stereocenters. The van der Waals surface area contributed by atoms with Gasteiger partial charge in [0, 0.05) is 39.2 Å². The molecule has 2 saturated heterocycles. The first-order valence-electron chi connectivity index (χ1n) is 9.16. The molecule has 1 aromatic heterocycles. The summed E-state index contributed by atoms with van der Waals surface area (Å²) in [7, 11) is 3.51. The van der Waals surface area contributed by atoms with Gasteiger partial charge in [-0.05, 0) is 38.3 Å². The Labute approximate surface area is 150 Å². The molecule has 0 aliphatic carbocycles. The minimum Gasteiger partial charge on any atom is -0.465 e. The highest BCUT2D eigenvalue weighted by atomic mass is 16.5. The van der Waals surface area contributed by atoms with Gasteiger partial charge in [0.25, 0.3) is 0 Å². The van der Waals surface area contributed by atoms with Crippen LogP contribution in [0, 0.1) is 12.3 Å². The van der Waals surface area contributed by atoms with Crippen LogP contribution in [0.25, 0.3) is 0 Å². The third-order valence-corrected chi connectivity index (χ3v) is 5.36. The second kappa shape index (κ2) is 7.89. The van der Waals surface area contributed by atoms with Gasteiger partial charge in [-0.25, -0.2) is 0 Å². The number of aryl methyl sites for hydroxylation is 1. The number of piperidine rings is 1. The maximum absolute atomic E-state index is 11.8. The number of hydrogen-bond donors (Lipinski definition) is 0. The number of nitrogens with zero attached hydrogens (tertiary/aromatic N) is 2. The molecule has 6 nitrogen and oxygen atoms in total. The van der Waals surface area contributed by atoms with Gasteiger partial charge >= 0.3 is 0 Å². The van der Waals surface area contributed by atoms with E-state index in [0.717, 1.165) is 57.0 Å². The molecule has 0 radical (unpaired) electrons. The fourth-order valence-corrected chi connectivity index (χ4v) is 3.99. The molecule has 2 aliphatic heterocycles. The van der Waals surface area contributed by atoms with Crippen LogP contribution < -0.4 is 0 Å². The third-order valence-electron chi connectivity index (χ3n) is 5.36. The number of likely N-dealkylation sites (tertiary alicyclic amines) is 1. The van der Waals surface area contributed by atoms with Gasteiger partial charge < -0.3 is 18.8 Å². The van der Waals surface area contributed by atoms with Crippen LogP contribution in [0.15, 0.2) is 16.5 Å². The highest BCUT2D eigenvalue weighted by Crippen LogP contribution is 2.40. The first-order chi connectivity index (χ1) is 12.0. The number of furan rings is 1. The number of ether oxygens (including phenoxy) is 2. The quantitative estimate of drug-likeness (QED) is 0.786. The predicted molar refractivity (Wildman–Crippen MR) is 94.3 cm³/mol. The summed E-state index contributed by atoms with van der Waals surface area (Å²) in [5.41, 5.74) is -0.0231. The van der Waals surface area contributed by atoms with Gasteiger partial charge in [0.1, 0.15) is 18.1 Å². The highest BCUT2D eigenvalue weighted by molar-refractivity contribution is 5.76. The van der Waals surface area contributed by atoms with Crippen LogP contribution in [0.1, 0.15) is 30.8 Å². The SMILES string of the molecule is Cc1ccc(CN2CC[C@@H]3OCCC[C@]3(COCC(=O)N(C)C)C2)o1. The minimum atomic E-state index is -0.0231. The molecule has 2 aliphatic rings. The zero-order valence-electron chi connectivity index (χ0n) is 15.6. The van der Waals surface area contributed by atoms with Gasteiger partial charge in [-0.1, -0.05) is 0 Å². The molecule has 3 rings (SSSR count). The van der Waals surface area contributed by atoms with Crippen molar-refractivity contribution in [2.24, 2.45) is 5.41 Å². The molecular weight excluding hydrogens is 320 g/mol. The van der Waals surface area contributed by atoms with Crippen molar-refractivity contribution in [3.63, 3.8) is 0 Å². The molecule has 25 heavy (non-hydrogen) atoms. The fraction of sp³-hybridized carbons (Fsp3) is 0.737. The molecule has 1 amide bonds. The van der Waals surface area contributed by atoms with E-state index < -0.39 is 0 Å².